The smallest absolute Gasteiger partial charge is 0.0630 e. The van der Waals surface area contributed by atoms with Gasteiger partial charge in [-0.2, -0.15) is 0 Å². The van der Waals surface area contributed by atoms with E-state index in [1.165, 1.54) is 0 Å². The van der Waals surface area contributed by atoms with E-state index < -0.39 is 0 Å². The summed E-state index contributed by atoms with van der Waals surface area (Å²) in [6.07, 6.45) is 4.15. The SMILES string of the molecule is C=CCCCN(C)C(CN)COC. The van der Waals surface area contributed by atoms with Crippen LogP contribution >= 0.6 is 0 Å². The lowest BCUT2D eigenvalue weighted by Gasteiger charge is -2.25. The topological polar surface area (TPSA) is 38.5 Å². The van der Waals surface area contributed by atoms with Crippen LogP contribution in [0.4, 0.5) is 0 Å². The van der Waals surface area contributed by atoms with E-state index in [4.69, 9.17) is 10.5 Å². The third-order valence-electron chi connectivity index (χ3n) is 2.17. The highest BCUT2D eigenvalue weighted by atomic mass is 16.5. The third-order valence-corrected chi connectivity index (χ3v) is 2.17. The molecule has 0 aromatic carbocycles. The number of hydrogen-bond donors (Lipinski definition) is 1. The van der Waals surface area contributed by atoms with Crippen molar-refractivity contribution in [3.8, 4) is 0 Å². The summed E-state index contributed by atoms with van der Waals surface area (Å²) in [7, 11) is 3.79. The third kappa shape index (κ3) is 5.80. The summed E-state index contributed by atoms with van der Waals surface area (Å²) >= 11 is 0. The molecule has 3 heteroatoms. The zero-order valence-corrected chi connectivity index (χ0v) is 8.83. The molecule has 1 atom stereocenters. The molecule has 0 aromatic heterocycles. The van der Waals surface area contributed by atoms with E-state index in [1.807, 2.05) is 6.08 Å². The molecule has 78 valence electrons. The number of likely N-dealkylation sites (N-methyl/N-ethyl adjacent to an activating group) is 1. The fourth-order valence-electron chi connectivity index (χ4n) is 1.24. The van der Waals surface area contributed by atoms with Crippen molar-refractivity contribution in [2.45, 2.75) is 18.9 Å². The van der Waals surface area contributed by atoms with Gasteiger partial charge in [-0.05, 0) is 26.4 Å². The summed E-state index contributed by atoms with van der Waals surface area (Å²) < 4.78 is 5.08. The Balaban J connectivity index is 3.62. The van der Waals surface area contributed by atoms with Crippen LogP contribution in [0.3, 0.4) is 0 Å². The molecule has 0 saturated heterocycles. The van der Waals surface area contributed by atoms with Gasteiger partial charge in [0.15, 0.2) is 0 Å². The molecule has 0 radical (unpaired) electrons. The van der Waals surface area contributed by atoms with Gasteiger partial charge in [0.25, 0.3) is 0 Å². The molecule has 0 aromatic rings. The first-order chi connectivity index (χ1) is 6.26. The van der Waals surface area contributed by atoms with Crippen molar-refractivity contribution in [1.82, 2.24) is 4.90 Å². The van der Waals surface area contributed by atoms with Crippen molar-refractivity contribution in [1.29, 1.82) is 0 Å². The summed E-state index contributed by atoms with van der Waals surface area (Å²) in [6, 6.07) is 0.342. The first kappa shape index (κ1) is 12.6. The predicted octanol–water partition coefficient (Wildman–Crippen LogP) is 0.858. The minimum atomic E-state index is 0.342. The molecule has 0 bridgehead atoms. The normalized spacial score (nSPS) is 13.2. The molecule has 0 spiro atoms. The first-order valence-corrected chi connectivity index (χ1v) is 4.76. The number of nitrogens with zero attached hydrogens (tertiary/aromatic N) is 1. The molecule has 0 fully saturated rings. The Labute approximate surface area is 81.5 Å². The number of nitrogens with two attached hydrogens (primary N) is 1. The maximum absolute atomic E-state index is 5.62. The van der Waals surface area contributed by atoms with Crippen LogP contribution < -0.4 is 5.73 Å². The zero-order chi connectivity index (χ0) is 10.1. The van der Waals surface area contributed by atoms with Crippen LogP contribution in [-0.2, 0) is 4.74 Å². The second kappa shape index (κ2) is 8.23. The van der Waals surface area contributed by atoms with E-state index >= 15 is 0 Å². The van der Waals surface area contributed by atoms with E-state index in [9.17, 15) is 0 Å². The summed E-state index contributed by atoms with van der Waals surface area (Å²) in [6.45, 7) is 6.10. The van der Waals surface area contributed by atoms with Crippen LogP contribution in [0.5, 0.6) is 0 Å². The molecule has 0 amide bonds. The lowest BCUT2D eigenvalue weighted by Crippen LogP contribution is -2.41. The molecule has 13 heavy (non-hydrogen) atoms. The molecule has 0 heterocycles. The zero-order valence-electron chi connectivity index (χ0n) is 8.83. The van der Waals surface area contributed by atoms with Crippen LogP contribution in [0.25, 0.3) is 0 Å². The fraction of sp³-hybridized carbons (Fsp3) is 0.800. The van der Waals surface area contributed by atoms with E-state index in [0.29, 0.717) is 19.2 Å². The maximum atomic E-state index is 5.62. The lowest BCUT2D eigenvalue weighted by atomic mass is 10.2. The number of allylic oxidation sites excluding steroid dienone is 1. The molecular formula is C10H22N2O. The number of unbranched alkanes of at least 4 members (excludes halogenated alkanes) is 1. The lowest BCUT2D eigenvalue weighted by molar-refractivity contribution is 0.110. The minimum absolute atomic E-state index is 0.342. The van der Waals surface area contributed by atoms with Gasteiger partial charge < -0.3 is 10.5 Å². The predicted molar refractivity (Wildman–Crippen MR) is 56.8 cm³/mol. The molecule has 0 aliphatic rings. The highest BCUT2D eigenvalue weighted by Gasteiger charge is 2.11. The van der Waals surface area contributed by atoms with Crippen molar-refractivity contribution in [2.75, 3.05) is 33.9 Å². The quantitative estimate of drug-likeness (QED) is 0.451. The minimum Gasteiger partial charge on any atom is -0.383 e. The Morgan fingerprint density at radius 3 is 2.77 bits per heavy atom. The van der Waals surface area contributed by atoms with Crippen molar-refractivity contribution in [3.63, 3.8) is 0 Å². The highest BCUT2D eigenvalue weighted by Crippen LogP contribution is 1.99. The van der Waals surface area contributed by atoms with Gasteiger partial charge in [-0.25, -0.2) is 0 Å². The van der Waals surface area contributed by atoms with E-state index in [0.717, 1.165) is 19.4 Å². The Bertz CT molecular complexity index is 128. The molecular weight excluding hydrogens is 164 g/mol. The average molecular weight is 186 g/mol. The molecule has 3 nitrogen and oxygen atoms in total. The van der Waals surface area contributed by atoms with Gasteiger partial charge >= 0.3 is 0 Å². The second-order valence-corrected chi connectivity index (χ2v) is 3.26. The van der Waals surface area contributed by atoms with Crippen molar-refractivity contribution in [3.05, 3.63) is 12.7 Å². The number of rotatable bonds is 8. The van der Waals surface area contributed by atoms with E-state index in [1.54, 1.807) is 7.11 Å². The molecule has 2 N–H and O–H groups in total. The molecule has 1 unspecified atom stereocenters. The number of ether oxygens (including phenoxy) is 1. The van der Waals surface area contributed by atoms with Crippen LogP contribution in [0.1, 0.15) is 12.8 Å². The molecule has 0 aliphatic carbocycles. The van der Waals surface area contributed by atoms with Gasteiger partial charge in [0, 0.05) is 19.7 Å². The van der Waals surface area contributed by atoms with Crippen molar-refractivity contribution in [2.24, 2.45) is 5.73 Å². The summed E-state index contributed by atoms with van der Waals surface area (Å²) in [5.41, 5.74) is 5.62. The molecule has 0 aliphatic heterocycles. The largest absolute Gasteiger partial charge is 0.383 e. The summed E-state index contributed by atoms with van der Waals surface area (Å²) in [5.74, 6) is 0. The van der Waals surface area contributed by atoms with Gasteiger partial charge in [-0.3, -0.25) is 4.90 Å². The van der Waals surface area contributed by atoms with Crippen molar-refractivity contribution >= 4 is 0 Å². The number of hydrogen-bond acceptors (Lipinski definition) is 3. The first-order valence-electron chi connectivity index (χ1n) is 4.76. The van der Waals surface area contributed by atoms with Gasteiger partial charge in [0.05, 0.1) is 6.61 Å². The van der Waals surface area contributed by atoms with Gasteiger partial charge in [-0.15, -0.1) is 6.58 Å². The Kier molecular flexibility index (Phi) is 7.99. The van der Waals surface area contributed by atoms with Crippen LogP contribution in [-0.4, -0.2) is 44.8 Å². The average Bonchev–Trinajstić information content (AvgIpc) is 2.14. The summed E-state index contributed by atoms with van der Waals surface area (Å²) in [4.78, 5) is 2.24. The Morgan fingerprint density at radius 2 is 2.31 bits per heavy atom. The maximum Gasteiger partial charge on any atom is 0.0630 e. The molecule has 0 saturated carbocycles. The van der Waals surface area contributed by atoms with Crippen molar-refractivity contribution < 1.29 is 4.74 Å². The standard InChI is InChI=1S/C10H22N2O/c1-4-5-6-7-12(2)10(8-11)9-13-3/h4,10H,1,5-9,11H2,2-3H3. The number of methoxy groups -OCH3 is 1. The van der Waals surface area contributed by atoms with Gasteiger partial charge in [0.2, 0.25) is 0 Å². The van der Waals surface area contributed by atoms with Crippen LogP contribution in [0, 0.1) is 0 Å². The Hall–Kier alpha value is -0.380. The van der Waals surface area contributed by atoms with Crippen LogP contribution in [0.15, 0.2) is 12.7 Å². The summed E-state index contributed by atoms with van der Waals surface area (Å²) in [5, 5.41) is 0. The second-order valence-electron chi connectivity index (χ2n) is 3.26. The van der Waals surface area contributed by atoms with E-state index in [2.05, 4.69) is 18.5 Å². The fourth-order valence-corrected chi connectivity index (χ4v) is 1.24. The van der Waals surface area contributed by atoms with Crippen LogP contribution in [0.2, 0.25) is 0 Å². The monoisotopic (exact) mass is 186 g/mol. The van der Waals surface area contributed by atoms with Gasteiger partial charge in [0.1, 0.15) is 0 Å². The van der Waals surface area contributed by atoms with Gasteiger partial charge in [-0.1, -0.05) is 6.08 Å². The highest BCUT2D eigenvalue weighted by molar-refractivity contribution is 4.71. The Morgan fingerprint density at radius 1 is 1.62 bits per heavy atom. The molecule has 0 rings (SSSR count). The van der Waals surface area contributed by atoms with E-state index in [-0.39, 0.29) is 0 Å².